The summed E-state index contributed by atoms with van der Waals surface area (Å²) in [6.07, 6.45) is 0.400. The number of aromatic carboxylic acids is 1. The zero-order chi connectivity index (χ0) is 12.8. The van der Waals surface area contributed by atoms with Crippen molar-refractivity contribution in [2.24, 2.45) is 0 Å². The summed E-state index contributed by atoms with van der Waals surface area (Å²) in [6.45, 7) is 1.19. The number of nitrogens with one attached hydrogen (secondary N) is 1. The van der Waals surface area contributed by atoms with Gasteiger partial charge in [0.2, 0.25) is 5.91 Å². The minimum absolute atomic E-state index is 0.184. The molecule has 1 amide bonds. The van der Waals surface area contributed by atoms with Crippen LogP contribution >= 0.6 is 0 Å². The average Bonchev–Trinajstić information content (AvgIpc) is 2.28. The molecular formula is C12H15NO4. The van der Waals surface area contributed by atoms with Gasteiger partial charge in [-0.05, 0) is 24.1 Å². The molecular weight excluding hydrogens is 222 g/mol. The first-order chi connectivity index (χ1) is 8.02. The molecule has 0 fully saturated rings. The third kappa shape index (κ3) is 4.24. The number of hydrogen-bond acceptors (Lipinski definition) is 3. The number of benzene rings is 1. The van der Waals surface area contributed by atoms with Crippen molar-refractivity contribution in [1.82, 2.24) is 5.32 Å². The van der Waals surface area contributed by atoms with E-state index in [9.17, 15) is 9.59 Å². The summed E-state index contributed by atoms with van der Waals surface area (Å²) in [5.74, 6) is -1.22. The largest absolute Gasteiger partial charge is 0.478 e. The third-order valence-corrected chi connectivity index (χ3v) is 2.28. The van der Waals surface area contributed by atoms with Crippen molar-refractivity contribution in [3.8, 4) is 0 Å². The molecule has 17 heavy (non-hydrogen) atoms. The van der Waals surface area contributed by atoms with Crippen LogP contribution in [-0.4, -0.2) is 34.7 Å². The predicted octanol–water partition coefficient (Wildman–Crippen LogP) is 0.424. The molecule has 0 spiro atoms. The smallest absolute Gasteiger partial charge is 0.335 e. The second-order valence-electron chi connectivity index (χ2n) is 3.79. The fraction of sp³-hybridized carbons (Fsp3) is 0.333. The molecule has 1 atom stereocenters. The van der Waals surface area contributed by atoms with E-state index in [1.54, 1.807) is 12.1 Å². The van der Waals surface area contributed by atoms with Crippen LogP contribution in [0.1, 0.15) is 22.8 Å². The van der Waals surface area contributed by atoms with E-state index < -0.39 is 12.0 Å². The van der Waals surface area contributed by atoms with Gasteiger partial charge in [-0.25, -0.2) is 4.79 Å². The summed E-state index contributed by atoms with van der Waals surface area (Å²) in [7, 11) is 0. The predicted molar refractivity (Wildman–Crippen MR) is 61.8 cm³/mol. The molecule has 0 aliphatic heterocycles. The molecule has 0 saturated heterocycles. The molecule has 5 heteroatoms. The van der Waals surface area contributed by atoms with E-state index in [1.807, 2.05) is 0 Å². The quantitative estimate of drug-likeness (QED) is 0.693. The Balaban J connectivity index is 2.75. The molecule has 1 unspecified atom stereocenters. The average molecular weight is 237 g/mol. The summed E-state index contributed by atoms with van der Waals surface area (Å²) in [5, 5.41) is 20.5. The van der Waals surface area contributed by atoms with Gasteiger partial charge in [-0.2, -0.15) is 0 Å². The molecule has 0 aliphatic carbocycles. The first-order valence-electron chi connectivity index (χ1n) is 5.23. The van der Waals surface area contributed by atoms with Crippen molar-refractivity contribution < 1.29 is 19.8 Å². The fourth-order valence-corrected chi connectivity index (χ4v) is 1.56. The normalized spacial score (nSPS) is 11.9. The first kappa shape index (κ1) is 13.2. The lowest BCUT2D eigenvalue weighted by Gasteiger charge is -2.15. The molecule has 0 heterocycles. The number of rotatable bonds is 5. The number of carboxylic acids is 1. The lowest BCUT2D eigenvalue weighted by Crippen LogP contribution is -2.37. The van der Waals surface area contributed by atoms with Gasteiger partial charge in [0.25, 0.3) is 0 Å². The van der Waals surface area contributed by atoms with Crippen LogP contribution in [0.15, 0.2) is 24.3 Å². The number of hydrogen-bond donors (Lipinski definition) is 3. The lowest BCUT2D eigenvalue weighted by molar-refractivity contribution is -0.119. The minimum atomic E-state index is -0.994. The Labute approximate surface area is 99.1 Å². The Hall–Kier alpha value is -1.88. The molecule has 3 N–H and O–H groups in total. The standard InChI is InChI=1S/C12H15NO4/c1-8(15)13-11(7-14)6-9-3-2-4-10(5-9)12(16)17/h2-5,11,14H,6-7H2,1H3,(H,13,15)(H,16,17). The SMILES string of the molecule is CC(=O)NC(CO)Cc1cccc(C(=O)O)c1. The van der Waals surface area contributed by atoms with Gasteiger partial charge in [0, 0.05) is 6.92 Å². The molecule has 0 saturated carbocycles. The zero-order valence-corrected chi connectivity index (χ0v) is 9.51. The van der Waals surface area contributed by atoms with Crippen LogP contribution < -0.4 is 5.32 Å². The van der Waals surface area contributed by atoms with Gasteiger partial charge in [-0.3, -0.25) is 4.79 Å². The Morgan fingerprint density at radius 2 is 2.12 bits per heavy atom. The van der Waals surface area contributed by atoms with Gasteiger partial charge < -0.3 is 15.5 Å². The number of carboxylic acid groups (broad SMARTS) is 1. The number of aliphatic hydroxyl groups is 1. The Morgan fingerprint density at radius 1 is 1.41 bits per heavy atom. The molecule has 0 aromatic heterocycles. The summed E-state index contributed by atoms with van der Waals surface area (Å²) >= 11 is 0. The van der Waals surface area contributed by atoms with Gasteiger partial charge >= 0.3 is 5.97 Å². The zero-order valence-electron chi connectivity index (χ0n) is 9.51. The van der Waals surface area contributed by atoms with Crippen LogP contribution in [0.5, 0.6) is 0 Å². The number of carbonyl (C=O) groups is 2. The van der Waals surface area contributed by atoms with Gasteiger partial charge in [-0.15, -0.1) is 0 Å². The second kappa shape index (κ2) is 6.00. The van der Waals surface area contributed by atoms with E-state index in [1.165, 1.54) is 19.1 Å². The molecule has 0 aliphatic rings. The molecule has 1 aromatic carbocycles. The highest BCUT2D eigenvalue weighted by Gasteiger charge is 2.11. The monoisotopic (exact) mass is 237 g/mol. The van der Waals surface area contributed by atoms with Crippen LogP contribution in [0.3, 0.4) is 0 Å². The summed E-state index contributed by atoms with van der Waals surface area (Å²) in [4.78, 5) is 21.6. The van der Waals surface area contributed by atoms with E-state index in [0.717, 1.165) is 5.56 Å². The van der Waals surface area contributed by atoms with Crippen LogP contribution in [0, 0.1) is 0 Å². The summed E-state index contributed by atoms with van der Waals surface area (Å²) in [6, 6.07) is 6.04. The highest BCUT2D eigenvalue weighted by atomic mass is 16.4. The molecule has 1 rings (SSSR count). The van der Waals surface area contributed by atoms with Crippen molar-refractivity contribution in [2.75, 3.05) is 6.61 Å². The molecule has 5 nitrogen and oxygen atoms in total. The van der Waals surface area contributed by atoms with Gasteiger partial charge in [-0.1, -0.05) is 12.1 Å². The van der Waals surface area contributed by atoms with Gasteiger partial charge in [0.1, 0.15) is 0 Å². The van der Waals surface area contributed by atoms with Gasteiger partial charge in [0.05, 0.1) is 18.2 Å². The maximum atomic E-state index is 10.9. The molecule has 1 aromatic rings. The van der Waals surface area contributed by atoms with Gasteiger partial charge in [0.15, 0.2) is 0 Å². The molecule has 0 radical (unpaired) electrons. The van der Waals surface area contributed by atoms with Crippen molar-refractivity contribution in [2.45, 2.75) is 19.4 Å². The lowest BCUT2D eigenvalue weighted by atomic mass is 10.0. The van der Waals surface area contributed by atoms with Crippen LogP contribution in [0.4, 0.5) is 0 Å². The van der Waals surface area contributed by atoms with E-state index in [2.05, 4.69) is 5.32 Å². The minimum Gasteiger partial charge on any atom is -0.478 e. The van der Waals surface area contributed by atoms with E-state index in [0.29, 0.717) is 6.42 Å². The maximum absolute atomic E-state index is 10.9. The third-order valence-electron chi connectivity index (χ3n) is 2.28. The second-order valence-corrected chi connectivity index (χ2v) is 3.79. The number of aliphatic hydroxyl groups excluding tert-OH is 1. The Morgan fingerprint density at radius 3 is 2.65 bits per heavy atom. The Kier molecular flexibility index (Phi) is 4.66. The van der Waals surface area contributed by atoms with E-state index >= 15 is 0 Å². The maximum Gasteiger partial charge on any atom is 0.335 e. The highest BCUT2D eigenvalue weighted by Crippen LogP contribution is 2.08. The van der Waals surface area contributed by atoms with E-state index in [4.69, 9.17) is 10.2 Å². The Bertz CT molecular complexity index is 417. The summed E-state index contributed by atoms with van der Waals surface area (Å²) in [5.41, 5.74) is 0.958. The number of amides is 1. The highest BCUT2D eigenvalue weighted by molar-refractivity contribution is 5.87. The van der Waals surface area contributed by atoms with Crippen LogP contribution in [-0.2, 0) is 11.2 Å². The fourth-order valence-electron chi connectivity index (χ4n) is 1.56. The van der Waals surface area contributed by atoms with E-state index in [-0.39, 0.29) is 18.1 Å². The van der Waals surface area contributed by atoms with Crippen LogP contribution in [0.25, 0.3) is 0 Å². The van der Waals surface area contributed by atoms with Crippen molar-refractivity contribution in [1.29, 1.82) is 0 Å². The molecule has 0 bridgehead atoms. The first-order valence-corrected chi connectivity index (χ1v) is 5.23. The van der Waals surface area contributed by atoms with Crippen LogP contribution in [0.2, 0.25) is 0 Å². The van der Waals surface area contributed by atoms with Crippen molar-refractivity contribution in [3.63, 3.8) is 0 Å². The van der Waals surface area contributed by atoms with Crippen molar-refractivity contribution >= 4 is 11.9 Å². The number of carbonyl (C=O) groups excluding carboxylic acids is 1. The van der Waals surface area contributed by atoms with Crippen molar-refractivity contribution in [3.05, 3.63) is 35.4 Å². The molecule has 92 valence electrons. The topological polar surface area (TPSA) is 86.6 Å². The summed E-state index contributed by atoms with van der Waals surface area (Å²) < 4.78 is 0.